The summed E-state index contributed by atoms with van der Waals surface area (Å²) >= 11 is 0. The third kappa shape index (κ3) is 3.35. The molecule has 0 aliphatic rings. The number of alkyl halides is 2. The second-order valence-electron chi connectivity index (χ2n) is 2.91. The van der Waals surface area contributed by atoms with Crippen molar-refractivity contribution in [1.29, 1.82) is 0 Å². The van der Waals surface area contributed by atoms with Crippen molar-refractivity contribution in [3.05, 3.63) is 0 Å². The first-order chi connectivity index (χ1) is 5.81. The van der Waals surface area contributed by atoms with E-state index in [0.717, 1.165) is 7.11 Å². The van der Waals surface area contributed by atoms with Gasteiger partial charge in [0.15, 0.2) is 0 Å². The number of amides is 1. The molecule has 0 bridgehead atoms. The first kappa shape index (κ1) is 11.8. The quantitative estimate of drug-likeness (QED) is 0.660. The number of carbonyl (C=O) groups excluding carboxylic acids is 2. The molecule has 6 heteroatoms. The highest BCUT2D eigenvalue weighted by atomic mass is 19.3. The largest absolute Gasteiger partial charge is 0.467 e. The summed E-state index contributed by atoms with van der Waals surface area (Å²) in [7, 11) is 1.11. The molecule has 0 spiro atoms. The minimum Gasteiger partial charge on any atom is -0.467 e. The SMILES string of the molecule is COC(=O)C(C)(C)NC(=O)C(F)F. The highest BCUT2D eigenvalue weighted by molar-refractivity contribution is 5.88. The summed E-state index contributed by atoms with van der Waals surface area (Å²) in [6, 6.07) is 0. The second kappa shape index (κ2) is 4.15. The molecule has 1 N–H and O–H groups in total. The van der Waals surface area contributed by atoms with Crippen molar-refractivity contribution in [2.45, 2.75) is 25.8 Å². The molecule has 0 rings (SSSR count). The zero-order chi connectivity index (χ0) is 10.6. The lowest BCUT2D eigenvalue weighted by Crippen LogP contribution is -2.52. The van der Waals surface area contributed by atoms with Gasteiger partial charge in [0.05, 0.1) is 7.11 Å². The molecule has 0 aromatic heterocycles. The predicted molar refractivity (Wildman–Crippen MR) is 40.2 cm³/mol. The topological polar surface area (TPSA) is 55.4 Å². The van der Waals surface area contributed by atoms with Crippen molar-refractivity contribution in [3.8, 4) is 0 Å². The third-order valence-corrected chi connectivity index (χ3v) is 1.33. The van der Waals surface area contributed by atoms with Crippen LogP contribution in [0.1, 0.15) is 13.8 Å². The fraction of sp³-hybridized carbons (Fsp3) is 0.714. The lowest BCUT2D eigenvalue weighted by atomic mass is 10.1. The number of halogens is 2. The van der Waals surface area contributed by atoms with Gasteiger partial charge in [-0.2, -0.15) is 8.78 Å². The molecule has 0 unspecified atom stereocenters. The maximum atomic E-state index is 11.8. The van der Waals surface area contributed by atoms with Gasteiger partial charge < -0.3 is 10.1 Å². The van der Waals surface area contributed by atoms with Crippen LogP contribution in [-0.4, -0.2) is 31.0 Å². The molecular weight excluding hydrogens is 184 g/mol. The maximum Gasteiger partial charge on any atom is 0.330 e. The third-order valence-electron chi connectivity index (χ3n) is 1.33. The van der Waals surface area contributed by atoms with E-state index in [2.05, 4.69) is 4.74 Å². The van der Waals surface area contributed by atoms with Crippen LogP contribution in [0.3, 0.4) is 0 Å². The number of nitrogens with one attached hydrogen (secondary N) is 1. The zero-order valence-electron chi connectivity index (χ0n) is 7.56. The summed E-state index contributed by atoms with van der Waals surface area (Å²) in [4.78, 5) is 21.4. The van der Waals surface area contributed by atoms with Crippen LogP contribution in [0.25, 0.3) is 0 Å². The molecule has 0 saturated heterocycles. The van der Waals surface area contributed by atoms with E-state index in [1.54, 1.807) is 0 Å². The Labute approximate surface area is 74.2 Å². The normalized spacial score (nSPS) is 11.2. The summed E-state index contributed by atoms with van der Waals surface area (Å²) < 4.78 is 27.8. The van der Waals surface area contributed by atoms with E-state index < -0.39 is 23.8 Å². The first-order valence-electron chi connectivity index (χ1n) is 3.50. The Morgan fingerprint density at radius 1 is 1.38 bits per heavy atom. The van der Waals surface area contributed by atoms with E-state index in [1.807, 2.05) is 5.32 Å². The summed E-state index contributed by atoms with van der Waals surface area (Å²) in [5, 5.41) is 1.84. The van der Waals surface area contributed by atoms with E-state index in [4.69, 9.17) is 0 Å². The molecule has 76 valence electrons. The second-order valence-corrected chi connectivity index (χ2v) is 2.91. The lowest BCUT2D eigenvalue weighted by Gasteiger charge is -2.22. The van der Waals surface area contributed by atoms with Crippen LogP contribution in [0.5, 0.6) is 0 Å². The van der Waals surface area contributed by atoms with Gasteiger partial charge in [0.25, 0.3) is 5.91 Å². The van der Waals surface area contributed by atoms with Crippen LogP contribution < -0.4 is 5.32 Å². The highest BCUT2D eigenvalue weighted by Crippen LogP contribution is 2.05. The van der Waals surface area contributed by atoms with Crippen molar-refractivity contribution in [2.24, 2.45) is 0 Å². The number of carbonyl (C=O) groups is 2. The number of rotatable bonds is 3. The molecule has 0 aromatic carbocycles. The fourth-order valence-corrected chi connectivity index (χ4v) is 0.669. The standard InChI is InChI=1S/C7H11F2NO3/c1-7(2,6(12)13-3)10-5(11)4(8)9/h4H,1-3H3,(H,10,11). The summed E-state index contributed by atoms with van der Waals surface area (Å²) in [5.74, 6) is -2.27. The van der Waals surface area contributed by atoms with Crippen LogP contribution in [-0.2, 0) is 14.3 Å². The smallest absolute Gasteiger partial charge is 0.330 e. The Balaban J connectivity index is 4.33. The fourth-order valence-electron chi connectivity index (χ4n) is 0.669. The minimum atomic E-state index is -3.14. The van der Waals surface area contributed by atoms with E-state index >= 15 is 0 Å². The average Bonchev–Trinajstić information content (AvgIpc) is 2.01. The molecule has 0 radical (unpaired) electrons. The molecule has 0 fully saturated rings. The van der Waals surface area contributed by atoms with Gasteiger partial charge in [0.2, 0.25) is 0 Å². The summed E-state index contributed by atoms with van der Waals surface area (Å²) in [6.07, 6.45) is -3.14. The highest BCUT2D eigenvalue weighted by Gasteiger charge is 2.32. The van der Waals surface area contributed by atoms with Crippen LogP contribution in [0, 0.1) is 0 Å². The lowest BCUT2D eigenvalue weighted by molar-refractivity contribution is -0.151. The van der Waals surface area contributed by atoms with Crippen molar-refractivity contribution in [1.82, 2.24) is 5.32 Å². The zero-order valence-corrected chi connectivity index (χ0v) is 7.56. The van der Waals surface area contributed by atoms with Gasteiger partial charge in [-0.25, -0.2) is 4.79 Å². The molecule has 0 aliphatic heterocycles. The van der Waals surface area contributed by atoms with E-state index in [9.17, 15) is 18.4 Å². The Morgan fingerprint density at radius 2 is 1.85 bits per heavy atom. The molecular formula is C7H11F2NO3. The van der Waals surface area contributed by atoms with Crippen molar-refractivity contribution < 1.29 is 23.1 Å². The minimum absolute atomic E-state index is 0.776. The number of hydrogen-bond donors (Lipinski definition) is 1. The maximum absolute atomic E-state index is 11.8. The van der Waals surface area contributed by atoms with Gasteiger partial charge in [0.1, 0.15) is 5.54 Å². The number of hydrogen-bond acceptors (Lipinski definition) is 3. The van der Waals surface area contributed by atoms with Crippen LogP contribution >= 0.6 is 0 Å². The van der Waals surface area contributed by atoms with E-state index in [-0.39, 0.29) is 0 Å². The molecule has 0 heterocycles. The van der Waals surface area contributed by atoms with Gasteiger partial charge in [-0.3, -0.25) is 4.79 Å². The Hall–Kier alpha value is -1.20. The van der Waals surface area contributed by atoms with Gasteiger partial charge >= 0.3 is 12.4 Å². The van der Waals surface area contributed by atoms with Crippen molar-refractivity contribution in [2.75, 3.05) is 7.11 Å². The summed E-state index contributed by atoms with van der Waals surface area (Å²) in [6.45, 7) is 2.55. The molecule has 13 heavy (non-hydrogen) atoms. The van der Waals surface area contributed by atoms with Crippen molar-refractivity contribution in [3.63, 3.8) is 0 Å². The van der Waals surface area contributed by atoms with Gasteiger partial charge in [-0.1, -0.05) is 0 Å². The number of ether oxygens (including phenoxy) is 1. The van der Waals surface area contributed by atoms with E-state index in [0.29, 0.717) is 0 Å². The van der Waals surface area contributed by atoms with Crippen LogP contribution in [0.2, 0.25) is 0 Å². The van der Waals surface area contributed by atoms with Crippen LogP contribution in [0.4, 0.5) is 8.78 Å². The van der Waals surface area contributed by atoms with Crippen LogP contribution in [0.15, 0.2) is 0 Å². The molecule has 0 atom stereocenters. The van der Waals surface area contributed by atoms with Gasteiger partial charge in [-0.05, 0) is 13.8 Å². The molecule has 4 nitrogen and oxygen atoms in total. The van der Waals surface area contributed by atoms with Gasteiger partial charge in [-0.15, -0.1) is 0 Å². The molecule has 0 saturated carbocycles. The molecule has 0 aromatic rings. The first-order valence-corrected chi connectivity index (χ1v) is 3.50. The Morgan fingerprint density at radius 3 is 2.15 bits per heavy atom. The van der Waals surface area contributed by atoms with Crippen molar-refractivity contribution >= 4 is 11.9 Å². The summed E-state index contributed by atoms with van der Waals surface area (Å²) in [5.41, 5.74) is -1.43. The predicted octanol–water partition coefficient (Wildman–Crippen LogP) is 0.319. The van der Waals surface area contributed by atoms with Gasteiger partial charge in [0, 0.05) is 0 Å². The average molecular weight is 195 g/mol. The molecule has 0 aliphatic carbocycles. The molecule has 1 amide bonds. The monoisotopic (exact) mass is 195 g/mol. The van der Waals surface area contributed by atoms with E-state index in [1.165, 1.54) is 13.8 Å². The number of esters is 1. The number of methoxy groups -OCH3 is 1. The Bertz CT molecular complexity index is 216. The Kier molecular flexibility index (Phi) is 3.77.